The zero-order valence-corrected chi connectivity index (χ0v) is 16.1. The predicted octanol–water partition coefficient (Wildman–Crippen LogP) is 3.58. The van der Waals surface area contributed by atoms with Gasteiger partial charge in [0.1, 0.15) is 0 Å². The Morgan fingerprint density at radius 1 is 0.778 bits per heavy atom. The second kappa shape index (κ2) is 10.7. The number of rotatable bonds is 8. The molecular weight excluding hydrogens is 334 g/mol. The molecule has 1 N–H and O–H groups in total. The molecule has 0 aliphatic carbocycles. The molecule has 144 valence electrons. The molecule has 1 fully saturated rings. The lowest BCUT2D eigenvalue weighted by Crippen LogP contribution is -2.52. The number of nitrogens with one attached hydrogen (secondary N) is 1. The van der Waals surface area contributed by atoms with Gasteiger partial charge in [0.15, 0.2) is 0 Å². The number of piperazine rings is 1. The summed E-state index contributed by atoms with van der Waals surface area (Å²) < 4.78 is 0. The molecule has 1 aliphatic heterocycles. The van der Waals surface area contributed by atoms with E-state index in [1.165, 1.54) is 17.5 Å². The SMILES string of the molecule is O=C(NCCCc1ccccc1)N1CCN(CCCc2ccccc2)CC1. The van der Waals surface area contributed by atoms with Crippen molar-refractivity contribution in [1.82, 2.24) is 15.1 Å². The topological polar surface area (TPSA) is 35.6 Å². The summed E-state index contributed by atoms with van der Waals surface area (Å²) in [4.78, 5) is 16.7. The minimum atomic E-state index is 0.0898. The van der Waals surface area contributed by atoms with Crippen LogP contribution in [0.5, 0.6) is 0 Å². The Hall–Kier alpha value is -2.33. The van der Waals surface area contributed by atoms with E-state index in [4.69, 9.17) is 0 Å². The summed E-state index contributed by atoms with van der Waals surface area (Å²) >= 11 is 0. The van der Waals surface area contributed by atoms with Crippen LogP contribution in [-0.2, 0) is 12.8 Å². The summed E-state index contributed by atoms with van der Waals surface area (Å²) in [5, 5.41) is 3.07. The smallest absolute Gasteiger partial charge is 0.317 e. The van der Waals surface area contributed by atoms with Gasteiger partial charge in [0.2, 0.25) is 0 Å². The van der Waals surface area contributed by atoms with Crippen molar-refractivity contribution in [3.05, 3.63) is 71.8 Å². The van der Waals surface area contributed by atoms with Crippen molar-refractivity contribution in [2.75, 3.05) is 39.3 Å². The Balaban J connectivity index is 1.26. The lowest BCUT2D eigenvalue weighted by Gasteiger charge is -2.34. The number of amides is 2. The molecule has 0 saturated carbocycles. The van der Waals surface area contributed by atoms with Crippen molar-refractivity contribution in [1.29, 1.82) is 0 Å². The maximum atomic E-state index is 12.3. The number of nitrogens with zero attached hydrogens (tertiary/aromatic N) is 2. The number of aryl methyl sites for hydroxylation is 2. The fourth-order valence-electron chi connectivity index (χ4n) is 3.57. The molecule has 2 aromatic carbocycles. The normalized spacial score (nSPS) is 14.9. The standard InChI is InChI=1S/C23H31N3O/c27-23(24-15-7-13-21-9-3-1-4-10-21)26-19-17-25(18-20-26)16-8-14-22-11-5-2-6-12-22/h1-6,9-12H,7-8,13-20H2,(H,24,27). The molecule has 3 rings (SSSR count). The van der Waals surface area contributed by atoms with Crippen molar-refractivity contribution in [2.24, 2.45) is 0 Å². The molecule has 0 bridgehead atoms. The van der Waals surface area contributed by atoms with Crippen molar-refractivity contribution < 1.29 is 4.79 Å². The minimum Gasteiger partial charge on any atom is -0.338 e. The van der Waals surface area contributed by atoms with Crippen LogP contribution in [0.1, 0.15) is 24.0 Å². The number of hydrogen-bond donors (Lipinski definition) is 1. The van der Waals surface area contributed by atoms with Crippen molar-refractivity contribution in [3.8, 4) is 0 Å². The van der Waals surface area contributed by atoms with Crippen LogP contribution in [0.15, 0.2) is 60.7 Å². The van der Waals surface area contributed by atoms with Gasteiger partial charge in [-0.15, -0.1) is 0 Å². The molecule has 1 heterocycles. The number of urea groups is 1. The van der Waals surface area contributed by atoms with Crippen LogP contribution in [0.25, 0.3) is 0 Å². The van der Waals surface area contributed by atoms with E-state index in [2.05, 4.69) is 64.8 Å². The van der Waals surface area contributed by atoms with Crippen LogP contribution < -0.4 is 5.32 Å². The molecule has 0 radical (unpaired) electrons. The summed E-state index contributed by atoms with van der Waals surface area (Å²) in [6, 6.07) is 21.2. The van der Waals surface area contributed by atoms with Gasteiger partial charge < -0.3 is 10.2 Å². The molecular formula is C23H31N3O. The van der Waals surface area contributed by atoms with Crippen LogP contribution in [-0.4, -0.2) is 55.1 Å². The van der Waals surface area contributed by atoms with Crippen LogP contribution in [0.2, 0.25) is 0 Å². The Bertz CT molecular complexity index is 667. The molecule has 4 heteroatoms. The van der Waals surface area contributed by atoms with E-state index in [1.807, 2.05) is 11.0 Å². The first-order chi connectivity index (χ1) is 13.3. The molecule has 0 unspecified atom stereocenters. The maximum absolute atomic E-state index is 12.3. The van der Waals surface area contributed by atoms with Gasteiger partial charge in [0.05, 0.1) is 0 Å². The molecule has 1 saturated heterocycles. The zero-order valence-electron chi connectivity index (χ0n) is 16.1. The van der Waals surface area contributed by atoms with Gasteiger partial charge in [0.25, 0.3) is 0 Å². The highest BCUT2D eigenvalue weighted by molar-refractivity contribution is 5.74. The summed E-state index contributed by atoms with van der Waals surface area (Å²) in [5.74, 6) is 0. The van der Waals surface area contributed by atoms with E-state index in [0.29, 0.717) is 0 Å². The van der Waals surface area contributed by atoms with Gasteiger partial charge in [-0.25, -0.2) is 4.79 Å². The summed E-state index contributed by atoms with van der Waals surface area (Å²) in [5.41, 5.74) is 2.74. The third kappa shape index (κ3) is 6.72. The van der Waals surface area contributed by atoms with Crippen LogP contribution >= 0.6 is 0 Å². The average molecular weight is 366 g/mol. The van der Waals surface area contributed by atoms with E-state index < -0.39 is 0 Å². The van der Waals surface area contributed by atoms with E-state index in [0.717, 1.165) is 58.5 Å². The van der Waals surface area contributed by atoms with Gasteiger partial charge in [-0.2, -0.15) is 0 Å². The summed E-state index contributed by atoms with van der Waals surface area (Å²) in [6.07, 6.45) is 4.30. The van der Waals surface area contributed by atoms with E-state index >= 15 is 0 Å². The highest BCUT2D eigenvalue weighted by Gasteiger charge is 2.20. The third-order valence-electron chi connectivity index (χ3n) is 5.20. The predicted molar refractivity (Wildman–Crippen MR) is 111 cm³/mol. The highest BCUT2D eigenvalue weighted by atomic mass is 16.2. The highest BCUT2D eigenvalue weighted by Crippen LogP contribution is 2.07. The van der Waals surface area contributed by atoms with Crippen LogP contribution in [0.3, 0.4) is 0 Å². The molecule has 4 nitrogen and oxygen atoms in total. The second-order valence-corrected chi connectivity index (χ2v) is 7.24. The summed E-state index contributed by atoms with van der Waals surface area (Å²) in [7, 11) is 0. The lowest BCUT2D eigenvalue weighted by molar-refractivity contribution is 0.138. The van der Waals surface area contributed by atoms with E-state index in [1.54, 1.807) is 0 Å². The van der Waals surface area contributed by atoms with Gasteiger partial charge in [-0.05, 0) is 43.4 Å². The van der Waals surface area contributed by atoms with Gasteiger partial charge in [-0.3, -0.25) is 4.90 Å². The molecule has 27 heavy (non-hydrogen) atoms. The molecule has 0 aromatic heterocycles. The van der Waals surface area contributed by atoms with Crippen LogP contribution in [0, 0.1) is 0 Å². The number of hydrogen-bond acceptors (Lipinski definition) is 2. The lowest BCUT2D eigenvalue weighted by atomic mass is 10.1. The Morgan fingerprint density at radius 3 is 1.93 bits per heavy atom. The Morgan fingerprint density at radius 2 is 1.33 bits per heavy atom. The first-order valence-electron chi connectivity index (χ1n) is 10.1. The summed E-state index contributed by atoms with van der Waals surface area (Å²) in [6.45, 7) is 5.47. The second-order valence-electron chi connectivity index (χ2n) is 7.24. The maximum Gasteiger partial charge on any atom is 0.317 e. The number of carbonyl (C=O) groups excluding carboxylic acids is 1. The molecule has 0 spiro atoms. The zero-order chi connectivity index (χ0) is 18.7. The van der Waals surface area contributed by atoms with Crippen molar-refractivity contribution in [3.63, 3.8) is 0 Å². The van der Waals surface area contributed by atoms with Gasteiger partial charge >= 0.3 is 6.03 Å². The monoisotopic (exact) mass is 365 g/mol. The Kier molecular flexibility index (Phi) is 7.72. The fraction of sp³-hybridized carbons (Fsp3) is 0.435. The van der Waals surface area contributed by atoms with E-state index in [9.17, 15) is 4.79 Å². The average Bonchev–Trinajstić information content (AvgIpc) is 2.73. The first-order valence-corrected chi connectivity index (χ1v) is 10.1. The molecule has 0 atom stereocenters. The Labute approximate surface area is 163 Å². The minimum absolute atomic E-state index is 0.0898. The van der Waals surface area contributed by atoms with Crippen molar-refractivity contribution >= 4 is 6.03 Å². The fourth-order valence-corrected chi connectivity index (χ4v) is 3.57. The van der Waals surface area contributed by atoms with Gasteiger partial charge in [-0.1, -0.05) is 60.7 Å². The quantitative estimate of drug-likeness (QED) is 0.726. The molecule has 2 amide bonds. The largest absolute Gasteiger partial charge is 0.338 e. The van der Waals surface area contributed by atoms with Crippen LogP contribution in [0.4, 0.5) is 4.79 Å². The number of benzene rings is 2. The first kappa shape index (κ1) is 19.4. The molecule has 2 aromatic rings. The van der Waals surface area contributed by atoms with E-state index in [-0.39, 0.29) is 6.03 Å². The van der Waals surface area contributed by atoms with Crippen molar-refractivity contribution in [2.45, 2.75) is 25.7 Å². The number of carbonyl (C=O) groups is 1. The molecule has 1 aliphatic rings. The van der Waals surface area contributed by atoms with Gasteiger partial charge in [0, 0.05) is 32.7 Å². The third-order valence-corrected chi connectivity index (χ3v) is 5.20.